The van der Waals surface area contributed by atoms with Gasteiger partial charge in [0.2, 0.25) is 5.95 Å². The number of likely N-dealkylation sites (tertiary alicyclic amines) is 1. The van der Waals surface area contributed by atoms with Crippen LogP contribution in [0, 0.1) is 0 Å². The molecule has 0 radical (unpaired) electrons. The molecule has 13 heteroatoms. The Morgan fingerprint density at radius 1 is 1.00 bits per heavy atom. The Hall–Kier alpha value is -4.78. The third-order valence-electron chi connectivity index (χ3n) is 7.33. The minimum absolute atomic E-state index is 0.0379. The molecule has 1 aliphatic heterocycles. The monoisotopic (exact) mass is 592 g/mol. The quantitative estimate of drug-likeness (QED) is 0.278. The van der Waals surface area contributed by atoms with Gasteiger partial charge in [0.1, 0.15) is 12.0 Å². The summed E-state index contributed by atoms with van der Waals surface area (Å²) < 4.78 is 42.2. The first-order valence-electron chi connectivity index (χ1n) is 13.7. The summed E-state index contributed by atoms with van der Waals surface area (Å²) in [7, 11) is 5.50. The van der Waals surface area contributed by atoms with Crippen LogP contribution in [0.15, 0.2) is 73.2 Å². The van der Waals surface area contributed by atoms with E-state index in [9.17, 15) is 18.0 Å². The second-order valence-corrected chi connectivity index (χ2v) is 10.1. The van der Waals surface area contributed by atoms with E-state index in [-0.39, 0.29) is 34.9 Å². The van der Waals surface area contributed by atoms with Crippen molar-refractivity contribution in [3.8, 4) is 17.3 Å². The van der Waals surface area contributed by atoms with E-state index in [0.717, 1.165) is 43.1 Å². The van der Waals surface area contributed by atoms with E-state index in [4.69, 9.17) is 4.84 Å². The maximum absolute atomic E-state index is 14.1. The number of alkyl halides is 3. The van der Waals surface area contributed by atoms with Gasteiger partial charge in [-0.1, -0.05) is 18.2 Å². The van der Waals surface area contributed by atoms with Crippen molar-refractivity contribution in [2.75, 3.05) is 49.5 Å². The fraction of sp³-hybridized carbons (Fsp3) is 0.300. The fourth-order valence-electron chi connectivity index (χ4n) is 4.90. The van der Waals surface area contributed by atoms with E-state index in [1.54, 1.807) is 49.5 Å². The third-order valence-corrected chi connectivity index (χ3v) is 7.33. The van der Waals surface area contributed by atoms with Crippen LogP contribution in [0.5, 0.6) is 5.88 Å². The first-order chi connectivity index (χ1) is 20.7. The lowest BCUT2D eigenvalue weighted by atomic mass is 10.0. The highest BCUT2D eigenvalue weighted by atomic mass is 19.4. The number of amides is 1. The number of hydroxylamine groups is 1. The molecule has 1 fully saturated rings. The van der Waals surface area contributed by atoms with Crippen LogP contribution in [-0.4, -0.2) is 71.0 Å². The van der Waals surface area contributed by atoms with Crippen LogP contribution in [0.4, 0.5) is 30.5 Å². The number of piperidine rings is 1. The zero-order valence-corrected chi connectivity index (χ0v) is 23.9. The first kappa shape index (κ1) is 29.7. The molecular weight excluding hydrogens is 561 g/mol. The molecule has 0 spiro atoms. The van der Waals surface area contributed by atoms with Gasteiger partial charge in [-0.15, -0.1) is 5.06 Å². The number of halogens is 3. The Labute approximate surface area is 247 Å². The van der Waals surface area contributed by atoms with Crippen LogP contribution in [0.2, 0.25) is 0 Å². The fourth-order valence-corrected chi connectivity index (χ4v) is 4.90. The first-order valence-corrected chi connectivity index (χ1v) is 13.7. The Balaban J connectivity index is 1.65. The summed E-state index contributed by atoms with van der Waals surface area (Å²) in [5, 5.41) is 3.71. The summed E-state index contributed by atoms with van der Waals surface area (Å²) in [6.45, 7) is 1.68. The molecule has 2 aromatic carbocycles. The maximum Gasteiger partial charge on any atom is 0.416 e. The average Bonchev–Trinajstić information content (AvgIpc) is 3.03. The number of aromatic nitrogens is 4. The van der Waals surface area contributed by atoms with Crippen molar-refractivity contribution in [1.29, 1.82) is 0 Å². The van der Waals surface area contributed by atoms with Crippen LogP contribution in [-0.2, 0) is 6.18 Å². The Kier molecular flexibility index (Phi) is 8.71. The molecule has 5 rings (SSSR count). The minimum atomic E-state index is -4.66. The molecule has 3 heterocycles. The number of nitrogens with zero attached hydrogens (tertiary/aromatic N) is 7. The SMILES string of the molecule is CNc1ncnc(-c2cccnc2ON(C(=O)c2ccccc2)c2cc(C(F)(F)F)ccc2N(C)C2CCN(C)CC2)n1. The van der Waals surface area contributed by atoms with E-state index in [1.165, 1.54) is 18.6 Å². The Morgan fingerprint density at radius 2 is 1.74 bits per heavy atom. The van der Waals surface area contributed by atoms with Gasteiger partial charge in [-0.3, -0.25) is 4.79 Å². The lowest BCUT2D eigenvalue weighted by Crippen LogP contribution is -2.43. The van der Waals surface area contributed by atoms with Crippen LogP contribution in [0.3, 0.4) is 0 Å². The van der Waals surface area contributed by atoms with Crippen LogP contribution in [0.25, 0.3) is 11.4 Å². The number of carbonyl (C=O) groups excluding carboxylic acids is 1. The maximum atomic E-state index is 14.1. The van der Waals surface area contributed by atoms with Gasteiger partial charge in [0.25, 0.3) is 11.8 Å². The molecule has 1 aliphatic rings. The molecule has 224 valence electrons. The number of pyridine rings is 1. The molecule has 1 N–H and O–H groups in total. The largest absolute Gasteiger partial charge is 0.416 e. The lowest BCUT2D eigenvalue weighted by molar-refractivity contribution is -0.137. The molecule has 10 nitrogen and oxygen atoms in total. The number of nitrogens with one attached hydrogen (secondary N) is 1. The summed E-state index contributed by atoms with van der Waals surface area (Å²) in [4.78, 5) is 41.3. The summed E-state index contributed by atoms with van der Waals surface area (Å²) >= 11 is 0. The number of carbonyl (C=O) groups is 1. The molecule has 0 unspecified atom stereocenters. The molecule has 1 amide bonds. The highest BCUT2D eigenvalue weighted by Gasteiger charge is 2.35. The highest BCUT2D eigenvalue weighted by Crippen LogP contribution is 2.40. The number of hydrogen-bond acceptors (Lipinski definition) is 9. The zero-order chi connectivity index (χ0) is 30.6. The molecular formula is C30H31F3N8O2. The second kappa shape index (κ2) is 12.6. The zero-order valence-electron chi connectivity index (χ0n) is 23.9. The van der Waals surface area contributed by atoms with Crippen LogP contribution >= 0.6 is 0 Å². The van der Waals surface area contributed by atoms with Crippen molar-refractivity contribution in [3.05, 3.63) is 84.3 Å². The topological polar surface area (TPSA) is 99.6 Å². The molecule has 0 aliphatic carbocycles. The second-order valence-electron chi connectivity index (χ2n) is 10.1. The van der Waals surface area contributed by atoms with Gasteiger partial charge in [-0.05, 0) is 75.4 Å². The molecule has 0 atom stereocenters. The van der Waals surface area contributed by atoms with Crippen molar-refractivity contribution in [2.24, 2.45) is 0 Å². The summed E-state index contributed by atoms with van der Waals surface area (Å²) in [5.74, 6) is -0.273. The van der Waals surface area contributed by atoms with Crippen molar-refractivity contribution in [3.63, 3.8) is 0 Å². The van der Waals surface area contributed by atoms with E-state index in [0.29, 0.717) is 11.3 Å². The molecule has 1 saturated heterocycles. The van der Waals surface area contributed by atoms with Crippen molar-refractivity contribution in [2.45, 2.75) is 25.1 Å². The van der Waals surface area contributed by atoms with Gasteiger partial charge < -0.3 is 20.0 Å². The summed E-state index contributed by atoms with van der Waals surface area (Å²) in [6.07, 6.45) is -0.302. The highest BCUT2D eigenvalue weighted by molar-refractivity contribution is 6.06. The number of benzene rings is 2. The van der Waals surface area contributed by atoms with Crippen LogP contribution in [0.1, 0.15) is 28.8 Å². The normalized spacial score (nSPS) is 14.3. The predicted octanol–water partition coefficient (Wildman–Crippen LogP) is 5.17. The van der Waals surface area contributed by atoms with Gasteiger partial charge in [0.05, 0.1) is 16.8 Å². The molecule has 2 aromatic heterocycles. The Bertz CT molecular complexity index is 1560. The van der Waals surface area contributed by atoms with E-state index >= 15 is 0 Å². The van der Waals surface area contributed by atoms with Crippen molar-refractivity contribution < 1.29 is 22.8 Å². The molecule has 0 bridgehead atoms. The summed E-state index contributed by atoms with van der Waals surface area (Å²) in [6, 6.07) is 14.9. The van der Waals surface area contributed by atoms with Crippen molar-refractivity contribution in [1.82, 2.24) is 24.8 Å². The van der Waals surface area contributed by atoms with Gasteiger partial charge in [0, 0.05) is 31.9 Å². The average molecular weight is 593 g/mol. The minimum Gasteiger partial charge on any atom is -0.370 e. The van der Waals surface area contributed by atoms with Gasteiger partial charge in [-0.25, -0.2) is 15.0 Å². The smallest absolute Gasteiger partial charge is 0.370 e. The third kappa shape index (κ3) is 6.67. The van der Waals surface area contributed by atoms with E-state index in [2.05, 4.69) is 30.2 Å². The number of rotatable bonds is 8. The van der Waals surface area contributed by atoms with E-state index < -0.39 is 17.6 Å². The lowest BCUT2D eigenvalue weighted by Gasteiger charge is -2.38. The Morgan fingerprint density at radius 3 is 2.44 bits per heavy atom. The van der Waals surface area contributed by atoms with Gasteiger partial charge in [-0.2, -0.15) is 18.2 Å². The molecule has 43 heavy (non-hydrogen) atoms. The van der Waals surface area contributed by atoms with Crippen molar-refractivity contribution >= 4 is 23.2 Å². The standard InChI is InChI=1S/C30H31F3N8O2/c1-34-29-37-19-36-26(38-29)23-10-7-15-35-27(23)43-41(28(42)20-8-5-4-6-9-20)25-18-21(30(31,32)33)11-12-24(25)40(3)22-13-16-39(2)17-14-22/h4-12,15,18-19,22H,13-14,16-17H2,1-3H3,(H,34,36,37,38). The summed E-state index contributed by atoms with van der Waals surface area (Å²) in [5.41, 5.74) is -0.0718. The van der Waals surface area contributed by atoms with Crippen LogP contribution < -0.4 is 20.1 Å². The molecule has 4 aromatic rings. The van der Waals surface area contributed by atoms with Gasteiger partial charge >= 0.3 is 6.18 Å². The van der Waals surface area contributed by atoms with E-state index in [1.807, 2.05) is 19.0 Å². The predicted molar refractivity (Wildman–Crippen MR) is 157 cm³/mol. The van der Waals surface area contributed by atoms with Gasteiger partial charge in [0.15, 0.2) is 5.82 Å². The molecule has 0 saturated carbocycles. The number of anilines is 3. The number of hydrogen-bond donors (Lipinski definition) is 1.